The lowest BCUT2D eigenvalue weighted by Gasteiger charge is -2.36. The van der Waals surface area contributed by atoms with Gasteiger partial charge in [0.05, 0.1) is 4.91 Å². The van der Waals surface area contributed by atoms with Gasteiger partial charge in [0.1, 0.15) is 12.3 Å². The predicted molar refractivity (Wildman–Crippen MR) is 153 cm³/mol. The van der Waals surface area contributed by atoms with Gasteiger partial charge < -0.3 is 14.9 Å². The molecule has 2 saturated heterocycles. The van der Waals surface area contributed by atoms with Crippen LogP contribution >= 0.6 is 11.8 Å². The zero-order chi connectivity index (χ0) is 27.8. The summed E-state index contributed by atoms with van der Waals surface area (Å²) in [6.45, 7) is 14.4. The molecule has 0 saturated carbocycles. The number of hydrogen-bond acceptors (Lipinski definition) is 6. The lowest BCUT2D eigenvalue weighted by atomic mass is 9.78. The second kappa shape index (κ2) is 10.5. The van der Waals surface area contributed by atoms with Crippen molar-refractivity contribution in [1.82, 2.24) is 9.80 Å². The fraction of sp³-hybridized carbons (Fsp3) is 0.433. The highest BCUT2D eigenvalue weighted by molar-refractivity contribution is 8.18. The van der Waals surface area contributed by atoms with Crippen LogP contribution in [0.15, 0.2) is 47.4 Å². The summed E-state index contributed by atoms with van der Waals surface area (Å²) in [5.74, 6) is -0.428. The van der Waals surface area contributed by atoms with E-state index in [1.807, 2.05) is 84.0 Å². The summed E-state index contributed by atoms with van der Waals surface area (Å²) in [6, 6.07) is 13.8. The summed E-state index contributed by atoms with van der Waals surface area (Å²) in [5.41, 5.74) is 2.79. The molecule has 0 aromatic heterocycles. The first-order chi connectivity index (χ1) is 17.8. The van der Waals surface area contributed by atoms with E-state index in [-0.39, 0.29) is 33.9 Å². The number of hydrogen-bond donors (Lipinski definition) is 1. The summed E-state index contributed by atoms with van der Waals surface area (Å²) < 4.78 is 0. The maximum atomic E-state index is 13.2. The van der Waals surface area contributed by atoms with Crippen molar-refractivity contribution in [2.75, 3.05) is 37.6 Å². The summed E-state index contributed by atoms with van der Waals surface area (Å²) in [7, 11) is 0. The fourth-order valence-corrected chi connectivity index (χ4v) is 5.60. The first-order valence-electron chi connectivity index (χ1n) is 13.0. The van der Waals surface area contributed by atoms with E-state index >= 15 is 0 Å². The first-order valence-corrected chi connectivity index (χ1v) is 13.8. The second-order valence-corrected chi connectivity index (χ2v) is 12.9. The van der Waals surface area contributed by atoms with Gasteiger partial charge >= 0.3 is 0 Å². The Hall–Kier alpha value is -3.26. The molecule has 4 rings (SSSR count). The van der Waals surface area contributed by atoms with Gasteiger partial charge in [0.2, 0.25) is 5.91 Å². The van der Waals surface area contributed by atoms with Gasteiger partial charge in [-0.05, 0) is 58.5 Å². The SMILES string of the molecule is CC(C)(C)c1cc(/C=C2/SC(=O)N(CC(=O)N3CCN(c4ccccc4)CC3)C2=O)cc(C(C)(C)C)c1O. The van der Waals surface area contributed by atoms with Crippen LogP contribution in [-0.2, 0) is 20.4 Å². The molecule has 2 aromatic rings. The maximum absolute atomic E-state index is 13.2. The number of para-hydroxylation sites is 1. The molecule has 38 heavy (non-hydrogen) atoms. The van der Waals surface area contributed by atoms with Crippen molar-refractivity contribution >= 4 is 40.6 Å². The molecule has 2 aliphatic heterocycles. The summed E-state index contributed by atoms with van der Waals surface area (Å²) in [6.07, 6.45) is 1.69. The lowest BCUT2D eigenvalue weighted by molar-refractivity contribution is -0.136. The third-order valence-electron chi connectivity index (χ3n) is 6.97. The van der Waals surface area contributed by atoms with Gasteiger partial charge in [0, 0.05) is 43.0 Å². The highest BCUT2D eigenvalue weighted by Crippen LogP contribution is 2.41. The molecule has 0 radical (unpaired) electrons. The fourth-order valence-electron chi connectivity index (χ4n) is 4.76. The van der Waals surface area contributed by atoms with E-state index in [4.69, 9.17) is 0 Å². The average Bonchev–Trinajstić information content (AvgIpc) is 3.11. The number of carbonyl (C=O) groups excluding carboxylic acids is 3. The van der Waals surface area contributed by atoms with Crippen LogP contribution in [0, 0.1) is 0 Å². The predicted octanol–water partition coefficient (Wildman–Crippen LogP) is 5.37. The molecular weight excluding hydrogens is 498 g/mol. The molecule has 0 unspecified atom stereocenters. The molecule has 0 aliphatic carbocycles. The molecule has 2 aromatic carbocycles. The van der Waals surface area contributed by atoms with E-state index < -0.39 is 11.1 Å². The molecule has 202 valence electrons. The van der Waals surface area contributed by atoms with Crippen molar-refractivity contribution in [3.8, 4) is 5.75 Å². The van der Waals surface area contributed by atoms with Crippen molar-refractivity contribution in [1.29, 1.82) is 0 Å². The van der Waals surface area contributed by atoms with Crippen LogP contribution in [0.4, 0.5) is 10.5 Å². The molecule has 1 N–H and O–H groups in total. The van der Waals surface area contributed by atoms with Gasteiger partial charge in [-0.2, -0.15) is 0 Å². The third kappa shape index (κ3) is 5.90. The number of thioether (sulfide) groups is 1. The molecule has 2 heterocycles. The lowest BCUT2D eigenvalue weighted by Crippen LogP contribution is -2.51. The second-order valence-electron chi connectivity index (χ2n) is 11.9. The van der Waals surface area contributed by atoms with Crippen molar-refractivity contribution < 1.29 is 19.5 Å². The summed E-state index contributed by atoms with van der Waals surface area (Å²) in [4.78, 5) is 44.2. The molecule has 3 amide bonds. The smallest absolute Gasteiger partial charge is 0.294 e. The van der Waals surface area contributed by atoms with Gasteiger partial charge in [-0.3, -0.25) is 19.3 Å². The van der Waals surface area contributed by atoms with Crippen LogP contribution in [0.5, 0.6) is 5.75 Å². The minimum Gasteiger partial charge on any atom is -0.507 e. The number of nitrogens with zero attached hydrogens (tertiary/aromatic N) is 3. The topological polar surface area (TPSA) is 81.2 Å². The van der Waals surface area contributed by atoms with Crippen LogP contribution in [0.2, 0.25) is 0 Å². The van der Waals surface area contributed by atoms with Crippen LogP contribution in [0.25, 0.3) is 6.08 Å². The third-order valence-corrected chi connectivity index (χ3v) is 7.87. The van der Waals surface area contributed by atoms with Crippen molar-refractivity contribution in [2.24, 2.45) is 0 Å². The number of phenols is 1. The minimum atomic E-state index is -0.459. The van der Waals surface area contributed by atoms with Crippen LogP contribution in [0.3, 0.4) is 0 Å². The first kappa shape index (κ1) is 27.8. The highest BCUT2D eigenvalue weighted by atomic mass is 32.2. The standard InChI is InChI=1S/C30H37N3O4S/c1-29(2,3)22-16-20(17-23(26(22)35)30(4,5)6)18-24-27(36)33(28(37)38-24)19-25(34)32-14-12-31(13-15-32)21-10-8-7-9-11-21/h7-11,16-18,35H,12-15,19H2,1-6H3/b24-18+. The quantitative estimate of drug-likeness (QED) is 0.530. The number of carbonyl (C=O) groups is 3. The Bertz CT molecular complexity index is 1230. The molecular formula is C30H37N3O4S. The number of anilines is 1. The van der Waals surface area contributed by atoms with Crippen molar-refractivity contribution in [2.45, 2.75) is 52.4 Å². The Morgan fingerprint density at radius 1 is 0.921 bits per heavy atom. The highest BCUT2D eigenvalue weighted by Gasteiger charge is 2.38. The zero-order valence-electron chi connectivity index (χ0n) is 23.1. The molecule has 2 aliphatic rings. The normalized spacial score (nSPS) is 18.1. The molecule has 0 atom stereocenters. The van der Waals surface area contributed by atoms with Crippen LogP contribution in [-0.4, -0.2) is 64.7 Å². The Labute approximate surface area is 229 Å². The Balaban J connectivity index is 1.49. The minimum absolute atomic E-state index is 0.226. The molecule has 2 fully saturated rings. The van der Waals surface area contributed by atoms with Crippen molar-refractivity contribution in [3.05, 3.63) is 64.1 Å². The number of phenolic OH excluding ortho intramolecular Hbond substituents is 1. The monoisotopic (exact) mass is 535 g/mol. The number of piperazine rings is 1. The van der Waals surface area contributed by atoms with E-state index in [1.165, 1.54) is 0 Å². The maximum Gasteiger partial charge on any atom is 0.294 e. The zero-order valence-corrected chi connectivity index (χ0v) is 23.9. The van der Waals surface area contributed by atoms with Gasteiger partial charge in [0.25, 0.3) is 11.1 Å². The largest absolute Gasteiger partial charge is 0.507 e. The Morgan fingerprint density at radius 3 is 2.00 bits per heavy atom. The van der Waals surface area contributed by atoms with Crippen molar-refractivity contribution in [3.63, 3.8) is 0 Å². The number of amides is 3. The van der Waals surface area contributed by atoms with E-state index in [1.54, 1.807) is 11.0 Å². The van der Waals surface area contributed by atoms with Gasteiger partial charge in [-0.25, -0.2) is 0 Å². The number of benzene rings is 2. The van der Waals surface area contributed by atoms with Gasteiger partial charge in [0.15, 0.2) is 0 Å². The number of aromatic hydroxyl groups is 1. The number of imide groups is 1. The van der Waals surface area contributed by atoms with E-state index in [0.717, 1.165) is 39.0 Å². The Kier molecular flexibility index (Phi) is 7.66. The molecule has 8 heteroatoms. The van der Waals surface area contributed by atoms with E-state index in [0.29, 0.717) is 26.2 Å². The Morgan fingerprint density at radius 2 is 1.47 bits per heavy atom. The van der Waals surface area contributed by atoms with E-state index in [9.17, 15) is 19.5 Å². The van der Waals surface area contributed by atoms with Crippen LogP contribution < -0.4 is 4.90 Å². The summed E-state index contributed by atoms with van der Waals surface area (Å²) in [5, 5.41) is 10.5. The molecule has 0 spiro atoms. The van der Waals surface area contributed by atoms with Gasteiger partial charge in [-0.1, -0.05) is 59.7 Å². The molecule has 0 bridgehead atoms. The van der Waals surface area contributed by atoms with Crippen LogP contribution in [0.1, 0.15) is 58.2 Å². The van der Waals surface area contributed by atoms with Gasteiger partial charge in [-0.15, -0.1) is 0 Å². The summed E-state index contributed by atoms with van der Waals surface area (Å²) >= 11 is 0.851. The average molecular weight is 536 g/mol. The molecule has 7 nitrogen and oxygen atoms in total. The van der Waals surface area contributed by atoms with E-state index in [2.05, 4.69) is 4.90 Å². The number of rotatable bonds is 4.